The van der Waals surface area contributed by atoms with E-state index in [1.165, 1.54) is 0 Å². The Morgan fingerprint density at radius 2 is 2.05 bits per heavy atom. The van der Waals surface area contributed by atoms with Gasteiger partial charge in [0.15, 0.2) is 9.84 Å². The van der Waals surface area contributed by atoms with E-state index in [4.69, 9.17) is 5.11 Å². The van der Waals surface area contributed by atoms with Crippen molar-refractivity contribution >= 4 is 21.8 Å². The van der Waals surface area contributed by atoms with E-state index in [1.807, 2.05) is 0 Å². The van der Waals surface area contributed by atoms with E-state index in [0.29, 0.717) is 6.42 Å². The van der Waals surface area contributed by atoms with Gasteiger partial charge in [-0.15, -0.1) is 0 Å². The monoisotopic (exact) mass is 306 g/mol. The summed E-state index contributed by atoms with van der Waals surface area (Å²) in [7, 11) is -3.16. The summed E-state index contributed by atoms with van der Waals surface area (Å²) in [6.45, 7) is 1.56. The first kappa shape index (κ1) is 15.0. The van der Waals surface area contributed by atoms with Gasteiger partial charge >= 0.3 is 12.0 Å². The number of urea groups is 1. The van der Waals surface area contributed by atoms with E-state index in [9.17, 15) is 23.1 Å². The molecule has 0 aromatic carbocycles. The highest BCUT2D eigenvalue weighted by molar-refractivity contribution is 7.91. The molecule has 0 spiro atoms. The van der Waals surface area contributed by atoms with Crippen LogP contribution in [0.3, 0.4) is 0 Å². The quantitative estimate of drug-likeness (QED) is 0.588. The Kier molecular flexibility index (Phi) is 3.67. The Bertz CT molecular complexity index is 533. The molecule has 2 heterocycles. The summed E-state index contributed by atoms with van der Waals surface area (Å²) in [5, 5.41) is 21.1. The first-order valence-electron chi connectivity index (χ1n) is 6.32. The molecule has 3 atom stereocenters. The lowest BCUT2D eigenvalue weighted by Crippen LogP contribution is -2.54. The number of hydrogen-bond acceptors (Lipinski definition) is 5. The zero-order valence-corrected chi connectivity index (χ0v) is 11.9. The number of carbonyl (C=O) groups excluding carboxylic acids is 1. The third kappa shape index (κ3) is 3.04. The molecular formula is C11H18N2O6S. The van der Waals surface area contributed by atoms with Gasteiger partial charge in [-0.25, -0.2) is 18.0 Å². The van der Waals surface area contributed by atoms with Crippen molar-refractivity contribution in [2.45, 2.75) is 37.5 Å². The van der Waals surface area contributed by atoms with Crippen LogP contribution in [-0.2, 0) is 14.6 Å². The fourth-order valence-corrected chi connectivity index (χ4v) is 4.80. The minimum atomic E-state index is -3.16. The van der Waals surface area contributed by atoms with Gasteiger partial charge in [-0.1, -0.05) is 0 Å². The molecule has 2 fully saturated rings. The highest BCUT2D eigenvalue weighted by atomic mass is 32.2. The predicted octanol–water partition coefficient (Wildman–Crippen LogP) is -1.21. The second kappa shape index (κ2) is 4.88. The number of nitrogens with one attached hydrogen (secondary N) is 1. The zero-order chi connectivity index (χ0) is 15.1. The molecule has 2 saturated heterocycles. The number of carbonyl (C=O) groups is 2. The lowest BCUT2D eigenvalue weighted by molar-refractivity contribution is -0.141. The molecule has 0 aliphatic carbocycles. The molecule has 2 aliphatic rings. The van der Waals surface area contributed by atoms with Crippen LogP contribution in [0.15, 0.2) is 0 Å². The van der Waals surface area contributed by atoms with Crippen LogP contribution in [0.1, 0.15) is 19.8 Å². The molecule has 3 N–H and O–H groups in total. The third-order valence-corrected chi connectivity index (χ3v) is 5.64. The number of carboxylic acid groups (broad SMARTS) is 1. The Morgan fingerprint density at radius 1 is 1.40 bits per heavy atom. The van der Waals surface area contributed by atoms with E-state index in [2.05, 4.69) is 5.32 Å². The molecular weight excluding hydrogens is 288 g/mol. The van der Waals surface area contributed by atoms with Gasteiger partial charge in [0.25, 0.3) is 0 Å². The maximum absolute atomic E-state index is 12.1. The summed E-state index contributed by atoms with van der Waals surface area (Å²) in [5.41, 5.74) is -0.882. The number of rotatable bonds is 2. The van der Waals surface area contributed by atoms with Crippen molar-refractivity contribution in [2.75, 3.05) is 18.1 Å². The summed E-state index contributed by atoms with van der Waals surface area (Å²) in [6, 6.07) is -1.72. The normalized spacial score (nSPS) is 36.0. The molecule has 0 saturated carbocycles. The molecule has 2 aliphatic heterocycles. The van der Waals surface area contributed by atoms with Crippen LogP contribution in [0, 0.1) is 0 Å². The standard InChI is InChI=1S/C11H18N2O6S/c1-11(2-3-20(18,19)6-11)12-10(17)13-5-7(14)4-8(13)9(15)16/h7-8,14H,2-6H2,1H3,(H,12,17)(H,15,16)/t7-,8-,11?/m0/s1. The van der Waals surface area contributed by atoms with E-state index >= 15 is 0 Å². The van der Waals surface area contributed by atoms with Crippen LogP contribution in [-0.4, -0.2) is 71.3 Å². The molecule has 1 unspecified atom stereocenters. The highest BCUT2D eigenvalue weighted by Crippen LogP contribution is 2.25. The Balaban J connectivity index is 2.07. The number of nitrogens with zero attached hydrogens (tertiary/aromatic N) is 1. The SMILES string of the molecule is CC1(NC(=O)N2C[C@@H](O)C[C@H]2C(=O)O)CCS(=O)(=O)C1. The molecule has 0 aromatic rings. The van der Waals surface area contributed by atoms with E-state index in [1.54, 1.807) is 6.92 Å². The van der Waals surface area contributed by atoms with Gasteiger partial charge in [-0.2, -0.15) is 0 Å². The fourth-order valence-electron chi connectivity index (χ4n) is 2.71. The minimum Gasteiger partial charge on any atom is -0.480 e. The number of aliphatic hydroxyl groups excluding tert-OH is 1. The lowest BCUT2D eigenvalue weighted by Gasteiger charge is -2.29. The van der Waals surface area contributed by atoms with Crippen LogP contribution in [0.4, 0.5) is 4.79 Å². The topological polar surface area (TPSA) is 124 Å². The molecule has 2 amide bonds. The van der Waals surface area contributed by atoms with Crippen molar-refractivity contribution in [3.63, 3.8) is 0 Å². The second-order valence-corrected chi connectivity index (χ2v) is 7.91. The lowest BCUT2D eigenvalue weighted by atomic mass is 10.0. The van der Waals surface area contributed by atoms with Crippen LogP contribution in [0.5, 0.6) is 0 Å². The molecule has 9 heteroatoms. The number of likely N-dealkylation sites (tertiary alicyclic amines) is 1. The molecule has 0 bridgehead atoms. The van der Waals surface area contributed by atoms with Gasteiger partial charge in [0.1, 0.15) is 6.04 Å². The van der Waals surface area contributed by atoms with Gasteiger partial charge in [0, 0.05) is 13.0 Å². The summed E-state index contributed by atoms with van der Waals surface area (Å²) in [6.07, 6.45) is -0.588. The Labute approximate surface area is 116 Å². The molecule has 20 heavy (non-hydrogen) atoms. The number of β-amino-alcohol motifs (C(OH)–C–C–N with tert-alkyl or cyclic N) is 1. The first-order valence-corrected chi connectivity index (χ1v) is 8.14. The first-order chi connectivity index (χ1) is 9.12. The van der Waals surface area contributed by atoms with Crippen molar-refractivity contribution < 1.29 is 28.2 Å². The maximum Gasteiger partial charge on any atom is 0.326 e. The van der Waals surface area contributed by atoms with Crippen molar-refractivity contribution in [1.82, 2.24) is 10.2 Å². The van der Waals surface area contributed by atoms with Crippen molar-refractivity contribution in [3.05, 3.63) is 0 Å². The Hall–Kier alpha value is -1.35. The maximum atomic E-state index is 12.1. The molecule has 0 aromatic heterocycles. The number of sulfone groups is 1. The van der Waals surface area contributed by atoms with Gasteiger partial charge in [0.2, 0.25) is 0 Å². The highest BCUT2D eigenvalue weighted by Gasteiger charge is 2.44. The van der Waals surface area contributed by atoms with Gasteiger partial charge in [0.05, 0.1) is 23.1 Å². The van der Waals surface area contributed by atoms with Gasteiger partial charge in [-0.3, -0.25) is 0 Å². The van der Waals surface area contributed by atoms with Crippen LogP contribution >= 0.6 is 0 Å². The largest absolute Gasteiger partial charge is 0.480 e. The van der Waals surface area contributed by atoms with Crippen molar-refractivity contribution in [3.8, 4) is 0 Å². The summed E-state index contributed by atoms with van der Waals surface area (Å²) in [5.74, 6) is -1.32. The number of amides is 2. The number of aliphatic hydroxyl groups is 1. The summed E-state index contributed by atoms with van der Waals surface area (Å²) < 4.78 is 22.9. The molecule has 0 radical (unpaired) electrons. The summed E-state index contributed by atoms with van der Waals surface area (Å²) in [4.78, 5) is 24.2. The molecule has 114 valence electrons. The predicted molar refractivity (Wildman–Crippen MR) is 69.0 cm³/mol. The number of aliphatic carboxylic acids is 1. The van der Waals surface area contributed by atoms with Crippen LogP contribution in [0.2, 0.25) is 0 Å². The van der Waals surface area contributed by atoms with Crippen molar-refractivity contribution in [2.24, 2.45) is 0 Å². The van der Waals surface area contributed by atoms with Gasteiger partial charge < -0.3 is 20.4 Å². The van der Waals surface area contributed by atoms with Crippen molar-refractivity contribution in [1.29, 1.82) is 0 Å². The van der Waals surface area contributed by atoms with Gasteiger partial charge in [-0.05, 0) is 13.3 Å². The van der Waals surface area contributed by atoms with E-state index < -0.39 is 39.5 Å². The average molecular weight is 306 g/mol. The number of hydrogen-bond donors (Lipinski definition) is 3. The second-order valence-electron chi connectivity index (χ2n) is 5.73. The smallest absolute Gasteiger partial charge is 0.326 e. The number of carboxylic acids is 1. The fraction of sp³-hybridized carbons (Fsp3) is 0.818. The van der Waals surface area contributed by atoms with Crippen LogP contribution < -0.4 is 5.32 Å². The molecule has 8 nitrogen and oxygen atoms in total. The minimum absolute atomic E-state index is 0.00869. The van der Waals surface area contributed by atoms with Crippen LogP contribution in [0.25, 0.3) is 0 Å². The van der Waals surface area contributed by atoms with E-state index in [0.717, 1.165) is 4.90 Å². The van der Waals surface area contributed by atoms with E-state index in [-0.39, 0.29) is 24.5 Å². The average Bonchev–Trinajstić information content (AvgIpc) is 2.79. The Morgan fingerprint density at radius 3 is 2.55 bits per heavy atom. The summed E-state index contributed by atoms with van der Waals surface area (Å²) >= 11 is 0. The third-order valence-electron chi connectivity index (χ3n) is 3.74. The zero-order valence-electron chi connectivity index (χ0n) is 11.1. The molecule has 2 rings (SSSR count).